The van der Waals surface area contributed by atoms with Gasteiger partial charge < -0.3 is 10.1 Å². The molecule has 0 saturated carbocycles. The standard InChI is InChI=1S/C25H20N4O3S/c1-32-22-9-5-2-6-18(22)15-29-24(31)20-7-3-4-8-21(20)28-25(29)33-16-23(30)27-19-12-10-17(14-26)11-13-19/h2-13H,15-16H2,1H3,(H,27,30). The zero-order chi connectivity index (χ0) is 23.2. The van der Waals surface area contributed by atoms with Crippen LogP contribution < -0.4 is 15.6 Å². The molecular weight excluding hydrogens is 436 g/mol. The van der Waals surface area contributed by atoms with Gasteiger partial charge in [0.1, 0.15) is 5.75 Å². The third kappa shape index (κ3) is 5.05. The fraction of sp³-hybridized carbons (Fsp3) is 0.120. The first-order valence-electron chi connectivity index (χ1n) is 10.1. The third-order valence-corrected chi connectivity index (χ3v) is 5.95. The van der Waals surface area contributed by atoms with Crippen LogP contribution in [0.3, 0.4) is 0 Å². The summed E-state index contributed by atoms with van der Waals surface area (Å²) in [6.45, 7) is 0.264. The maximum absolute atomic E-state index is 13.3. The average Bonchev–Trinajstić information content (AvgIpc) is 2.85. The van der Waals surface area contributed by atoms with Crippen LogP contribution >= 0.6 is 11.8 Å². The number of methoxy groups -OCH3 is 1. The summed E-state index contributed by atoms with van der Waals surface area (Å²) in [5.41, 5.74) is 2.35. The van der Waals surface area contributed by atoms with Crippen LogP contribution in [0.2, 0.25) is 0 Å². The van der Waals surface area contributed by atoms with Gasteiger partial charge in [0, 0.05) is 11.3 Å². The molecule has 0 aliphatic carbocycles. The largest absolute Gasteiger partial charge is 0.496 e. The number of hydrogen-bond acceptors (Lipinski definition) is 6. The van der Waals surface area contributed by atoms with Gasteiger partial charge in [0.05, 0.1) is 41.9 Å². The molecule has 1 amide bonds. The fourth-order valence-corrected chi connectivity index (χ4v) is 4.16. The quantitative estimate of drug-likeness (QED) is 0.333. The summed E-state index contributed by atoms with van der Waals surface area (Å²) in [5, 5.41) is 12.7. The van der Waals surface area contributed by atoms with Gasteiger partial charge in [0.25, 0.3) is 5.56 Å². The first kappa shape index (κ1) is 22.1. The number of aromatic nitrogens is 2. The summed E-state index contributed by atoms with van der Waals surface area (Å²) in [7, 11) is 1.59. The molecule has 0 aliphatic heterocycles. The maximum atomic E-state index is 13.3. The Hall–Kier alpha value is -4.09. The van der Waals surface area contributed by atoms with Crippen LogP contribution in [0, 0.1) is 11.3 Å². The van der Waals surface area contributed by atoms with E-state index in [4.69, 9.17) is 10.00 Å². The van der Waals surface area contributed by atoms with Gasteiger partial charge in [-0.2, -0.15) is 5.26 Å². The van der Waals surface area contributed by atoms with Crippen molar-refractivity contribution in [1.82, 2.24) is 9.55 Å². The van der Waals surface area contributed by atoms with E-state index in [0.717, 1.165) is 5.56 Å². The molecule has 0 spiro atoms. The Labute approximate surface area is 194 Å². The average molecular weight is 457 g/mol. The van der Waals surface area contributed by atoms with Crippen LogP contribution in [0.5, 0.6) is 5.75 Å². The normalized spacial score (nSPS) is 10.5. The number of fused-ring (bicyclic) bond motifs is 1. The summed E-state index contributed by atoms with van der Waals surface area (Å²) in [6, 6.07) is 23.3. The van der Waals surface area contributed by atoms with Gasteiger partial charge in [-0.3, -0.25) is 14.2 Å². The van der Waals surface area contributed by atoms with E-state index in [1.807, 2.05) is 36.4 Å². The Morgan fingerprint density at radius 3 is 2.58 bits per heavy atom. The van der Waals surface area contributed by atoms with E-state index in [2.05, 4.69) is 10.3 Å². The second kappa shape index (κ2) is 10.0. The molecule has 4 aromatic rings. The lowest BCUT2D eigenvalue weighted by Gasteiger charge is -2.15. The van der Waals surface area contributed by atoms with E-state index in [9.17, 15) is 9.59 Å². The third-order valence-electron chi connectivity index (χ3n) is 4.98. The highest BCUT2D eigenvalue weighted by Gasteiger charge is 2.15. The van der Waals surface area contributed by atoms with E-state index < -0.39 is 0 Å². The van der Waals surface area contributed by atoms with Crippen LogP contribution in [-0.4, -0.2) is 28.3 Å². The van der Waals surface area contributed by atoms with Crippen molar-refractivity contribution in [2.24, 2.45) is 0 Å². The number of rotatable bonds is 7. The summed E-state index contributed by atoms with van der Waals surface area (Å²) >= 11 is 1.19. The summed E-state index contributed by atoms with van der Waals surface area (Å²) < 4.78 is 7.01. The number of carbonyl (C=O) groups excluding carboxylic acids is 1. The highest BCUT2D eigenvalue weighted by molar-refractivity contribution is 7.99. The maximum Gasteiger partial charge on any atom is 0.262 e. The van der Waals surface area contributed by atoms with Gasteiger partial charge in [-0.05, 0) is 42.5 Å². The lowest BCUT2D eigenvalue weighted by molar-refractivity contribution is -0.113. The number of anilines is 1. The monoisotopic (exact) mass is 456 g/mol. The van der Waals surface area contributed by atoms with Crippen LogP contribution in [0.1, 0.15) is 11.1 Å². The van der Waals surface area contributed by atoms with Crippen molar-refractivity contribution in [3.8, 4) is 11.8 Å². The SMILES string of the molecule is COc1ccccc1Cn1c(SCC(=O)Nc2ccc(C#N)cc2)nc2ccccc2c1=O. The van der Waals surface area contributed by atoms with Gasteiger partial charge in [0.2, 0.25) is 5.91 Å². The lowest BCUT2D eigenvalue weighted by atomic mass is 10.2. The molecule has 0 saturated heterocycles. The topological polar surface area (TPSA) is 97.0 Å². The molecule has 0 atom stereocenters. The number of nitrogens with one attached hydrogen (secondary N) is 1. The molecule has 0 aliphatic rings. The van der Waals surface area contributed by atoms with Crippen molar-refractivity contribution >= 4 is 34.3 Å². The molecule has 4 rings (SSSR count). The molecule has 0 bridgehead atoms. The smallest absolute Gasteiger partial charge is 0.262 e. The van der Waals surface area contributed by atoms with E-state index in [0.29, 0.717) is 33.1 Å². The molecule has 1 heterocycles. The highest BCUT2D eigenvalue weighted by Crippen LogP contribution is 2.23. The minimum absolute atomic E-state index is 0.0662. The molecule has 0 unspecified atom stereocenters. The van der Waals surface area contributed by atoms with Gasteiger partial charge in [-0.25, -0.2) is 4.98 Å². The lowest BCUT2D eigenvalue weighted by Crippen LogP contribution is -2.25. The fourth-order valence-electron chi connectivity index (χ4n) is 3.36. The number of hydrogen-bond donors (Lipinski definition) is 1. The molecule has 7 nitrogen and oxygen atoms in total. The zero-order valence-electron chi connectivity index (χ0n) is 17.8. The number of nitrogens with zero attached hydrogens (tertiary/aromatic N) is 3. The van der Waals surface area contributed by atoms with Crippen LogP contribution in [0.4, 0.5) is 5.69 Å². The van der Waals surface area contributed by atoms with Crippen molar-refractivity contribution in [3.05, 3.63) is 94.3 Å². The van der Waals surface area contributed by atoms with E-state index in [1.54, 1.807) is 54.1 Å². The summed E-state index contributed by atoms with van der Waals surface area (Å²) in [4.78, 5) is 30.5. The number of thioether (sulfide) groups is 1. The van der Waals surface area contributed by atoms with Crippen molar-refractivity contribution < 1.29 is 9.53 Å². The molecule has 33 heavy (non-hydrogen) atoms. The second-order valence-electron chi connectivity index (χ2n) is 7.14. The Balaban J connectivity index is 1.61. The molecule has 0 radical (unpaired) electrons. The molecule has 3 aromatic carbocycles. The molecule has 8 heteroatoms. The zero-order valence-corrected chi connectivity index (χ0v) is 18.6. The van der Waals surface area contributed by atoms with Crippen molar-refractivity contribution in [2.45, 2.75) is 11.7 Å². The van der Waals surface area contributed by atoms with Gasteiger partial charge in [-0.15, -0.1) is 0 Å². The Bertz CT molecular complexity index is 1410. The van der Waals surface area contributed by atoms with Gasteiger partial charge >= 0.3 is 0 Å². The van der Waals surface area contributed by atoms with E-state index in [1.165, 1.54) is 11.8 Å². The Morgan fingerprint density at radius 2 is 1.82 bits per heavy atom. The molecule has 164 valence electrons. The molecule has 0 fully saturated rings. The summed E-state index contributed by atoms with van der Waals surface area (Å²) in [5.74, 6) is 0.500. The van der Waals surface area contributed by atoms with Crippen molar-refractivity contribution in [3.63, 3.8) is 0 Å². The van der Waals surface area contributed by atoms with Crippen LogP contribution in [0.15, 0.2) is 82.7 Å². The van der Waals surface area contributed by atoms with E-state index >= 15 is 0 Å². The van der Waals surface area contributed by atoms with Gasteiger partial charge in [0.15, 0.2) is 5.16 Å². The number of benzene rings is 3. The first-order chi connectivity index (χ1) is 16.1. The number of para-hydroxylation sites is 2. The number of carbonyl (C=O) groups is 1. The second-order valence-corrected chi connectivity index (χ2v) is 8.08. The first-order valence-corrected chi connectivity index (χ1v) is 11.1. The van der Waals surface area contributed by atoms with Gasteiger partial charge in [-0.1, -0.05) is 42.1 Å². The molecule has 1 aromatic heterocycles. The number of nitriles is 1. The molecular formula is C25H20N4O3S. The number of ether oxygens (including phenoxy) is 1. The Kier molecular flexibility index (Phi) is 6.72. The predicted molar refractivity (Wildman–Crippen MR) is 129 cm³/mol. The minimum atomic E-state index is -0.240. The molecule has 1 N–H and O–H groups in total. The van der Waals surface area contributed by atoms with E-state index in [-0.39, 0.29) is 23.8 Å². The number of amides is 1. The van der Waals surface area contributed by atoms with Crippen molar-refractivity contribution in [1.29, 1.82) is 5.26 Å². The van der Waals surface area contributed by atoms with Crippen LogP contribution in [-0.2, 0) is 11.3 Å². The predicted octanol–water partition coefficient (Wildman–Crippen LogP) is 4.06. The minimum Gasteiger partial charge on any atom is -0.496 e. The highest BCUT2D eigenvalue weighted by atomic mass is 32.2. The van der Waals surface area contributed by atoms with Crippen molar-refractivity contribution in [2.75, 3.05) is 18.2 Å². The Morgan fingerprint density at radius 1 is 1.09 bits per heavy atom. The van der Waals surface area contributed by atoms with Crippen LogP contribution in [0.25, 0.3) is 10.9 Å². The summed E-state index contributed by atoms with van der Waals surface area (Å²) in [6.07, 6.45) is 0.